The molecule has 0 aromatic carbocycles. The Labute approximate surface area is 126 Å². The lowest BCUT2D eigenvalue weighted by Gasteiger charge is -2.45. The summed E-state index contributed by atoms with van der Waals surface area (Å²) in [5.74, 6) is 2.50. The molecule has 1 spiro atoms. The summed E-state index contributed by atoms with van der Waals surface area (Å²) in [5.41, 5.74) is 0.279. The van der Waals surface area contributed by atoms with E-state index in [0.29, 0.717) is 0 Å². The molecule has 0 aromatic heterocycles. The lowest BCUT2D eigenvalue weighted by Crippen LogP contribution is -2.43. The van der Waals surface area contributed by atoms with Gasteiger partial charge in [-0.05, 0) is 62.9 Å². The standard InChI is InChI=1S/C18H35NO/c1-15(2)14-19-11-7-16(3)17-8-12-20-18(13-17)9-5-4-6-10-18/h15-17,19H,4-14H2,1-3H3. The summed E-state index contributed by atoms with van der Waals surface area (Å²) in [5, 5.41) is 3.59. The van der Waals surface area contributed by atoms with E-state index in [-0.39, 0.29) is 5.60 Å². The fraction of sp³-hybridized carbons (Fsp3) is 1.00. The minimum absolute atomic E-state index is 0.279. The monoisotopic (exact) mass is 281 g/mol. The van der Waals surface area contributed by atoms with Crippen molar-refractivity contribution in [2.75, 3.05) is 19.7 Å². The first-order valence-corrected chi connectivity index (χ1v) is 8.96. The zero-order valence-corrected chi connectivity index (χ0v) is 13.9. The van der Waals surface area contributed by atoms with Crippen molar-refractivity contribution in [1.29, 1.82) is 0 Å². The largest absolute Gasteiger partial charge is 0.375 e. The quantitative estimate of drug-likeness (QED) is 0.729. The molecular weight excluding hydrogens is 246 g/mol. The molecule has 20 heavy (non-hydrogen) atoms. The zero-order chi connectivity index (χ0) is 14.4. The first-order valence-electron chi connectivity index (χ1n) is 8.96. The Hall–Kier alpha value is -0.0800. The molecule has 1 N–H and O–H groups in total. The van der Waals surface area contributed by atoms with Crippen molar-refractivity contribution in [3.8, 4) is 0 Å². The van der Waals surface area contributed by atoms with Gasteiger partial charge in [-0.1, -0.05) is 40.0 Å². The summed E-state index contributed by atoms with van der Waals surface area (Å²) in [7, 11) is 0. The molecule has 2 unspecified atom stereocenters. The minimum Gasteiger partial charge on any atom is -0.375 e. The van der Waals surface area contributed by atoms with E-state index in [1.165, 1.54) is 57.9 Å². The van der Waals surface area contributed by atoms with Gasteiger partial charge in [0.25, 0.3) is 0 Å². The smallest absolute Gasteiger partial charge is 0.0685 e. The van der Waals surface area contributed by atoms with Crippen LogP contribution in [0, 0.1) is 17.8 Å². The number of ether oxygens (including phenoxy) is 1. The Balaban J connectivity index is 1.73. The maximum atomic E-state index is 6.23. The lowest BCUT2D eigenvalue weighted by molar-refractivity contribution is -0.124. The van der Waals surface area contributed by atoms with Gasteiger partial charge >= 0.3 is 0 Å². The van der Waals surface area contributed by atoms with Gasteiger partial charge in [-0.2, -0.15) is 0 Å². The van der Waals surface area contributed by atoms with Gasteiger partial charge in [0.05, 0.1) is 5.60 Å². The maximum Gasteiger partial charge on any atom is 0.0685 e. The molecule has 1 aliphatic carbocycles. The average Bonchev–Trinajstić information content (AvgIpc) is 2.44. The van der Waals surface area contributed by atoms with E-state index >= 15 is 0 Å². The molecule has 1 aliphatic heterocycles. The van der Waals surface area contributed by atoms with Crippen molar-refractivity contribution in [2.24, 2.45) is 17.8 Å². The van der Waals surface area contributed by atoms with Gasteiger partial charge in [0.2, 0.25) is 0 Å². The first-order chi connectivity index (χ1) is 9.61. The van der Waals surface area contributed by atoms with Crippen LogP contribution in [0.25, 0.3) is 0 Å². The highest BCUT2D eigenvalue weighted by Gasteiger charge is 2.39. The van der Waals surface area contributed by atoms with Gasteiger partial charge in [0.15, 0.2) is 0 Å². The fourth-order valence-electron chi connectivity index (χ4n) is 4.05. The molecule has 0 aromatic rings. The molecular formula is C18H35NO. The highest BCUT2D eigenvalue weighted by atomic mass is 16.5. The van der Waals surface area contributed by atoms with Crippen LogP contribution in [0.3, 0.4) is 0 Å². The molecule has 2 rings (SSSR count). The van der Waals surface area contributed by atoms with E-state index in [2.05, 4.69) is 26.1 Å². The van der Waals surface area contributed by atoms with Crippen molar-refractivity contribution in [3.05, 3.63) is 0 Å². The molecule has 1 saturated carbocycles. The van der Waals surface area contributed by atoms with Crippen LogP contribution in [0.2, 0.25) is 0 Å². The van der Waals surface area contributed by atoms with Gasteiger partial charge in [0.1, 0.15) is 0 Å². The number of hydrogen-bond acceptors (Lipinski definition) is 2. The summed E-state index contributed by atoms with van der Waals surface area (Å²) in [4.78, 5) is 0. The Bertz CT molecular complexity index is 265. The predicted molar refractivity (Wildman–Crippen MR) is 86.0 cm³/mol. The second kappa shape index (κ2) is 7.79. The summed E-state index contributed by atoms with van der Waals surface area (Å²) in [6.45, 7) is 10.4. The second-order valence-electron chi connectivity index (χ2n) is 7.71. The van der Waals surface area contributed by atoms with Crippen molar-refractivity contribution in [2.45, 2.75) is 77.7 Å². The summed E-state index contributed by atoms with van der Waals surface area (Å²) in [6.07, 6.45) is 10.8. The topological polar surface area (TPSA) is 21.3 Å². The molecule has 0 radical (unpaired) electrons. The van der Waals surface area contributed by atoms with Crippen LogP contribution in [0.5, 0.6) is 0 Å². The second-order valence-corrected chi connectivity index (χ2v) is 7.71. The van der Waals surface area contributed by atoms with Crippen molar-refractivity contribution >= 4 is 0 Å². The van der Waals surface area contributed by atoms with Gasteiger partial charge in [-0.15, -0.1) is 0 Å². The molecule has 0 bridgehead atoms. The van der Waals surface area contributed by atoms with Crippen LogP contribution >= 0.6 is 0 Å². The molecule has 2 aliphatic rings. The molecule has 2 nitrogen and oxygen atoms in total. The van der Waals surface area contributed by atoms with Crippen molar-refractivity contribution < 1.29 is 4.74 Å². The van der Waals surface area contributed by atoms with Crippen molar-refractivity contribution in [3.63, 3.8) is 0 Å². The highest BCUT2D eigenvalue weighted by molar-refractivity contribution is 4.90. The summed E-state index contributed by atoms with van der Waals surface area (Å²) < 4.78 is 6.23. The van der Waals surface area contributed by atoms with E-state index in [9.17, 15) is 0 Å². The molecule has 1 heterocycles. The fourth-order valence-corrected chi connectivity index (χ4v) is 4.05. The van der Waals surface area contributed by atoms with Crippen LogP contribution in [0.15, 0.2) is 0 Å². The van der Waals surface area contributed by atoms with Crippen LogP contribution < -0.4 is 5.32 Å². The SMILES string of the molecule is CC(C)CNCCC(C)C1CCOC2(CCCCC2)C1. The predicted octanol–water partition coefficient (Wildman–Crippen LogP) is 4.39. The lowest BCUT2D eigenvalue weighted by atomic mass is 9.72. The van der Waals surface area contributed by atoms with Gasteiger partial charge < -0.3 is 10.1 Å². The molecule has 1 saturated heterocycles. The van der Waals surface area contributed by atoms with Crippen LogP contribution in [-0.4, -0.2) is 25.3 Å². The van der Waals surface area contributed by atoms with Crippen LogP contribution in [0.1, 0.15) is 72.1 Å². The zero-order valence-electron chi connectivity index (χ0n) is 13.9. The summed E-state index contributed by atoms with van der Waals surface area (Å²) in [6, 6.07) is 0. The average molecular weight is 281 g/mol. The molecule has 0 amide bonds. The van der Waals surface area contributed by atoms with E-state index in [1.54, 1.807) is 0 Å². The Morgan fingerprint density at radius 3 is 2.60 bits per heavy atom. The normalized spacial score (nSPS) is 27.9. The van der Waals surface area contributed by atoms with Gasteiger partial charge in [-0.25, -0.2) is 0 Å². The van der Waals surface area contributed by atoms with Gasteiger partial charge in [-0.3, -0.25) is 0 Å². The van der Waals surface area contributed by atoms with Crippen LogP contribution in [-0.2, 0) is 4.74 Å². The number of rotatable bonds is 6. The third-order valence-electron chi connectivity index (χ3n) is 5.43. The van der Waals surface area contributed by atoms with E-state index in [4.69, 9.17) is 4.74 Å². The molecule has 2 atom stereocenters. The minimum atomic E-state index is 0.279. The molecule has 2 heteroatoms. The third kappa shape index (κ3) is 4.73. The van der Waals surface area contributed by atoms with E-state index in [0.717, 1.165) is 30.9 Å². The maximum absolute atomic E-state index is 6.23. The summed E-state index contributed by atoms with van der Waals surface area (Å²) >= 11 is 0. The molecule has 118 valence electrons. The van der Waals surface area contributed by atoms with Gasteiger partial charge in [0, 0.05) is 6.61 Å². The number of nitrogens with one attached hydrogen (secondary N) is 1. The van der Waals surface area contributed by atoms with Crippen LogP contribution in [0.4, 0.5) is 0 Å². The Morgan fingerprint density at radius 2 is 1.90 bits per heavy atom. The van der Waals surface area contributed by atoms with E-state index < -0.39 is 0 Å². The number of hydrogen-bond donors (Lipinski definition) is 1. The Morgan fingerprint density at radius 1 is 1.15 bits per heavy atom. The Kier molecular flexibility index (Phi) is 6.35. The molecule has 2 fully saturated rings. The third-order valence-corrected chi connectivity index (χ3v) is 5.43. The van der Waals surface area contributed by atoms with E-state index in [1.807, 2.05) is 0 Å². The highest BCUT2D eigenvalue weighted by Crippen LogP contribution is 2.43. The first kappa shape index (κ1) is 16.3. The van der Waals surface area contributed by atoms with Crippen molar-refractivity contribution in [1.82, 2.24) is 5.32 Å².